The Bertz CT molecular complexity index is 206. The van der Waals surface area contributed by atoms with E-state index >= 15 is 0 Å². The predicted octanol–water partition coefficient (Wildman–Crippen LogP) is 1.67. The van der Waals surface area contributed by atoms with Gasteiger partial charge in [0, 0.05) is 25.7 Å². The van der Waals surface area contributed by atoms with Gasteiger partial charge in [-0.1, -0.05) is 0 Å². The first-order valence-corrected chi connectivity index (χ1v) is 6.36. The van der Waals surface area contributed by atoms with E-state index in [1.807, 2.05) is 0 Å². The van der Waals surface area contributed by atoms with Gasteiger partial charge in [-0.25, -0.2) is 0 Å². The molecule has 0 aromatic rings. The second-order valence-corrected chi connectivity index (χ2v) is 5.62. The van der Waals surface area contributed by atoms with Crippen molar-refractivity contribution in [2.75, 3.05) is 13.1 Å². The van der Waals surface area contributed by atoms with Gasteiger partial charge in [-0.3, -0.25) is 0 Å². The van der Waals surface area contributed by atoms with Crippen LogP contribution in [-0.4, -0.2) is 40.9 Å². The predicted molar refractivity (Wildman–Crippen MR) is 55.9 cm³/mol. The highest BCUT2D eigenvalue weighted by molar-refractivity contribution is 4.87. The van der Waals surface area contributed by atoms with Gasteiger partial charge in [-0.2, -0.15) is 0 Å². The van der Waals surface area contributed by atoms with Crippen molar-refractivity contribution >= 4 is 0 Å². The SMILES string of the molecule is OC1CC2CCC(C1)[N+]21CCCCC1. The van der Waals surface area contributed by atoms with E-state index in [1.54, 1.807) is 0 Å². The van der Waals surface area contributed by atoms with Gasteiger partial charge in [0.1, 0.15) is 0 Å². The molecule has 0 radical (unpaired) electrons. The molecule has 3 aliphatic rings. The summed E-state index contributed by atoms with van der Waals surface area (Å²) in [5.74, 6) is 0. The summed E-state index contributed by atoms with van der Waals surface area (Å²) >= 11 is 0. The summed E-state index contributed by atoms with van der Waals surface area (Å²) in [5, 5.41) is 9.79. The quantitative estimate of drug-likeness (QED) is 0.584. The highest BCUT2D eigenvalue weighted by Crippen LogP contribution is 2.44. The van der Waals surface area contributed by atoms with E-state index in [-0.39, 0.29) is 6.10 Å². The number of hydrogen-bond acceptors (Lipinski definition) is 1. The van der Waals surface area contributed by atoms with Crippen LogP contribution in [0.3, 0.4) is 0 Å². The molecule has 0 amide bonds. The molecule has 0 saturated carbocycles. The van der Waals surface area contributed by atoms with Crippen molar-refractivity contribution in [2.45, 2.75) is 63.1 Å². The average molecular weight is 196 g/mol. The van der Waals surface area contributed by atoms with Gasteiger partial charge >= 0.3 is 0 Å². The maximum Gasteiger partial charge on any atom is 0.0919 e. The first-order chi connectivity index (χ1) is 6.81. The average Bonchev–Trinajstić information content (AvgIpc) is 2.40. The lowest BCUT2D eigenvalue weighted by Crippen LogP contribution is -2.63. The Balaban J connectivity index is 1.85. The van der Waals surface area contributed by atoms with Crippen molar-refractivity contribution in [1.82, 2.24) is 0 Å². The van der Waals surface area contributed by atoms with Crippen molar-refractivity contribution in [1.29, 1.82) is 0 Å². The molecule has 2 nitrogen and oxygen atoms in total. The van der Waals surface area contributed by atoms with Gasteiger partial charge in [-0.15, -0.1) is 0 Å². The molecule has 1 spiro atoms. The molecule has 3 saturated heterocycles. The van der Waals surface area contributed by atoms with Crippen molar-refractivity contribution in [3.05, 3.63) is 0 Å². The fourth-order valence-corrected chi connectivity index (χ4v) is 4.41. The maximum atomic E-state index is 9.79. The molecule has 1 N–H and O–H groups in total. The van der Waals surface area contributed by atoms with E-state index in [2.05, 4.69) is 0 Å². The minimum absolute atomic E-state index is 0.0261. The van der Waals surface area contributed by atoms with Gasteiger partial charge in [0.05, 0.1) is 31.3 Å². The van der Waals surface area contributed by atoms with Crippen molar-refractivity contribution < 1.29 is 9.59 Å². The van der Waals surface area contributed by atoms with Crippen LogP contribution in [0.15, 0.2) is 0 Å². The van der Waals surface area contributed by atoms with Crippen LogP contribution >= 0.6 is 0 Å². The second-order valence-electron chi connectivity index (χ2n) is 5.62. The van der Waals surface area contributed by atoms with Gasteiger partial charge in [0.25, 0.3) is 0 Å². The Kier molecular flexibility index (Phi) is 2.10. The summed E-state index contributed by atoms with van der Waals surface area (Å²) in [6, 6.07) is 1.65. The third-order valence-corrected chi connectivity index (χ3v) is 5.02. The largest absolute Gasteiger partial charge is 0.393 e. The topological polar surface area (TPSA) is 20.2 Å². The Labute approximate surface area is 86.5 Å². The lowest BCUT2D eigenvalue weighted by Gasteiger charge is -2.51. The lowest BCUT2D eigenvalue weighted by molar-refractivity contribution is -0.970. The smallest absolute Gasteiger partial charge is 0.0919 e. The highest BCUT2D eigenvalue weighted by Gasteiger charge is 2.53. The third-order valence-electron chi connectivity index (χ3n) is 5.02. The summed E-state index contributed by atoms with van der Waals surface area (Å²) in [6.07, 6.45) is 9.31. The molecule has 3 rings (SSSR count). The molecule has 2 unspecified atom stereocenters. The first kappa shape index (κ1) is 9.17. The molecule has 80 valence electrons. The molecule has 3 fully saturated rings. The number of hydrogen-bond donors (Lipinski definition) is 1. The molecular weight excluding hydrogens is 174 g/mol. The van der Waals surface area contributed by atoms with Crippen LogP contribution in [0.4, 0.5) is 0 Å². The Hall–Kier alpha value is -0.0800. The molecule has 2 heteroatoms. The van der Waals surface area contributed by atoms with Crippen molar-refractivity contribution in [3.8, 4) is 0 Å². The molecule has 0 aromatic heterocycles. The van der Waals surface area contributed by atoms with E-state index in [0.29, 0.717) is 0 Å². The summed E-state index contributed by atoms with van der Waals surface area (Å²) in [6.45, 7) is 2.84. The fourth-order valence-electron chi connectivity index (χ4n) is 4.41. The normalized spacial score (nSPS) is 45.6. The lowest BCUT2D eigenvalue weighted by atomic mass is 9.92. The molecule has 3 heterocycles. The van der Waals surface area contributed by atoms with Crippen LogP contribution in [-0.2, 0) is 0 Å². The highest BCUT2D eigenvalue weighted by atomic mass is 16.3. The van der Waals surface area contributed by atoms with E-state index < -0.39 is 0 Å². The molecule has 2 atom stereocenters. The number of rotatable bonds is 0. The molecule has 0 aliphatic carbocycles. The summed E-state index contributed by atoms with van der Waals surface area (Å²) in [4.78, 5) is 0. The van der Waals surface area contributed by atoms with Crippen molar-refractivity contribution in [3.63, 3.8) is 0 Å². The molecule has 14 heavy (non-hydrogen) atoms. The van der Waals surface area contributed by atoms with E-state index in [9.17, 15) is 5.11 Å². The van der Waals surface area contributed by atoms with Crippen LogP contribution < -0.4 is 0 Å². The number of aliphatic hydroxyl groups is 1. The van der Waals surface area contributed by atoms with Gasteiger partial charge in [-0.05, 0) is 19.3 Å². The standard InChI is InChI=1S/C12H22NO/c14-12-8-10-4-5-11(9-12)13(10)6-2-1-3-7-13/h10-12,14H,1-9H2/q+1. The zero-order valence-electron chi connectivity index (χ0n) is 8.99. The fraction of sp³-hybridized carbons (Fsp3) is 1.00. The molecular formula is C12H22NO+. The van der Waals surface area contributed by atoms with Gasteiger partial charge in [0.2, 0.25) is 0 Å². The first-order valence-electron chi connectivity index (χ1n) is 6.36. The van der Waals surface area contributed by atoms with Crippen molar-refractivity contribution in [2.24, 2.45) is 0 Å². The van der Waals surface area contributed by atoms with E-state index in [4.69, 9.17) is 0 Å². The minimum Gasteiger partial charge on any atom is -0.393 e. The number of quaternary nitrogens is 1. The van der Waals surface area contributed by atoms with Crippen LogP contribution in [0.2, 0.25) is 0 Å². The Morgan fingerprint density at radius 2 is 1.43 bits per heavy atom. The van der Waals surface area contributed by atoms with Gasteiger partial charge < -0.3 is 9.59 Å². The van der Waals surface area contributed by atoms with E-state index in [0.717, 1.165) is 24.9 Å². The van der Waals surface area contributed by atoms with Gasteiger partial charge in [0.15, 0.2) is 0 Å². The zero-order valence-corrected chi connectivity index (χ0v) is 8.99. The van der Waals surface area contributed by atoms with Crippen LogP contribution in [0.25, 0.3) is 0 Å². The number of aliphatic hydroxyl groups excluding tert-OH is 1. The zero-order chi connectivity index (χ0) is 9.60. The second kappa shape index (κ2) is 3.21. The Morgan fingerprint density at radius 3 is 2.00 bits per heavy atom. The van der Waals surface area contributed by atoms with E-state index in [1.165, 1.54) is 49.7 Å². The number of piperidine rings is 2. The van der Waals surface area contributed by atoms with Crippen LogP contribution in [0, 0.1) is 0 Å². The summed E-state index contributed by atoms with van der Waals surface area (Å²) in [7, 11) is 0. The molecule has 3 aliphatic heterocycles. The third kappa shape index (κ3) is 1.17. The van der Waals surface area contributed by atoms with Crippen LogP contribution in [0.1, 0.15) is 44.9 Å². The summed E-state index contributed by atoms with van der Waals surface area (Å²) < 4.78 is 1.41. The minimum atomic E-state index is 0.0261. The molecule has 0 aromatic carbocycles. The summed E-state index contributed by atoms with van der Waals surface area (Å²) in [5.41, 5.74) is 0. The monoisotopic (exact) mass is 196 g/mol. The van der Waals surface area contributed by atoms with Crippen LogP contribution in [0.5, 0.6) is 0 Å². The Morgan fingerprint density at radius 1 is 0.857 bits per heavy atom. The molecule has 2 bridgehead atoms. The number of nitrogens with zero attached hydrogens (tertiary/aromatic N) is 1. The maximum absolute atomic E-state index is 9.79.